The number of nitrogens with one attached hydrogen (secondary N) is 1. The number of unbranched alkanes of at least 4 members (excludes halogenated alkanes) is 29. The molecule has 8 nitrogen and oxygen atoms in total. The highest BCUT2D eigenvalue weighted by molar-refractivity contribution is 7.47. The molecule has 0 saturated carbocycles. The lowest BCUT2D eigenvalue weighted by Gasteiger charge is -2.25. The summed E-state index contributed by atoms with van der Waals surface area (Å²) in [5, 5.41) is 13.9. The molecule has 0 radical (unpaired) electrons. The van der Waals surface area contributed by atoms with Crippen LogP contribution >= 0.6 is 7.82 Å². The van der Waals surface area contributed by atoms with Gasteiger partial charge in [0.1, 0.15) is 13.2 Å². The Hall–Kier alpha value is -1.28. The molecule has 0 rings (SSSR count). The van der Waals surface area contributed by atoms with Gasteiger partial charge in [0, 0.05) is 6.42 Å². The highest BCUT2D eigenvalue weighted by Gasteiger charge is 2.27. The highest BCUT2D eigenvalue weighted by Crippen LogP contribution is 2.43. The predicted molar refractivity (Wildman–Crippen MR) is 258 cm³/mol. The highest BCUT2D eigenvalue weighted by atomic mass is 31.2. The molecule has 354 valence electrons. The number of nitrogens with zero attached hydrogens (tertiary/aromatic N) is 1. The van der Waals surface area contributed by atoms with Crippen molar-refractivity contribution in [1.29, 1.82) is 0 Å². The first kappa shape index (κ1) is 58.7. The van der Waals surface area contributed by atoms with Gasteiger partial charge in [-0.1, -0.05) is 204 Å². The van der Waals surface area contributed by atoms with E-state index in [1.807, 2.05) is 27.2 Å². The molecule has 0 aromatic rings. The molecule has 0 spiro atoms. The van der Waals surface area contributed by atoms with Crippen molar-refractivity contribution in [1.82, 2.24) is 5.32 Å². The van der Waals surface area contributed by atoms with Crippen LogP contribution in [0, 0.1) is 0 Å². The van der Waals surface area contributed by atoms with Crippen molar-refractivity contribution in [2.45, 2.75) is 244 Å². The third-order valence-electron chi connectivity index (χ3n) is 11.3. The molecule has 0 aliphatic carbocycles. The van der Waals surface area contributed by atoms with Crippen molar-refractivity contribution >= 4 is 13.7 Å². The number of quaternary nitrogens is 1. The van der Waals surface area contributed by atoms with Gasteiger partial charge in [-0.2, -0.15) is 0 Å². The molecular weight excluding hydrogens is 768 g/mol. The molecule has 3 atom stereocenters. The molecular formula is C51H100N2O6P+. The minimum Gasteiger partial charge on any atom is -0.387 e. The van der Waals surface area contributed by atoms with E-state index in [9.17, 15) is 19.4 Å². The Labute approximate surface area is 372 Å². The average Bonchev–Trinajstić information content (AvgIpc) is 3.20. The van der Waals surface area contributed by atoms with Crippen LogP contribution in [-0.4, -0.2) is 73.4 Å². The van der Waals surface area contributed by atoms with Gasteiger partial charge in [-0.25, -0.2) is 4.57 Å². The molecule has 0 heterocycles. The Morgan fingerprint density at radius 2 is 0.917 bits per heavy atom. The van der Waals surface area contributed by atoms with Gasteiger partial charge in [0.05, 0.1) is 39.9 Å². The van der Waals surface area contributed by atoms with E-state index in [0.717, 1.165) is 38.5 Å². The van der Waals surface area contributed by atoms with Crippen molar-refractivity contribution in [3.63, 3.8) is 0 Å². The Balaban J connectivity index is 4.34. The van der Waals surface area contributed by atoms with Gasteiger partial charge in [0.2, 0.25) is 5.91 Å². The maximum atomic E-state index is 12.9. The minimum absolute atomic E-state index is 0.0556. The van der Waals surface area contributed by atoms with Crippen LogP contribution in [0.5, 0.6) is 0 Å². The van der Waals surface area contributed by atoms with Gasteiger partial charge in [-0.05, 0) is 57.8 Å². The average molecular weight is 868 g/mol. The van der Waals surface area contributed by atoms with Gasteiger partial charge in [0.15, 0.2) is 0 Å². The zero-order valence-corrected chi connectivity index (χ0v) is 41.1. The molecule has 3 N–H and O–H groups in total. The lowest BCUT2D eigenvalue weighted by molar-refractivity contribution is -0.870. The van der Waals surface area contributed by atoms with Crippen LogP contribution in [0.1, 0.15) is 232 Å². The summed E-state index contributed by atoms with van der Waals surface area (Å²) in [5.74, 6) is -0.191. The van der Waals surface area contributed by atoms with E-state index in [1.165, 1.54) is 173 Å². The number of hydrogen-bond acceptors (Lipinski definition) is 5. The first-order valence-electron chi connectivity index (χ1n) is 25.4. The number of hydrogen-bond donors (Lipinski definition) is 3. The standard InChI is InChI=1S/C51H99N2O6P/c1-6-8-10-12-14-16-18-20-22-23-24-25-26-27-28-29-31-32-34-36-38-40-42-44-50(54)49(48-59-60(56,57)58-47-46-53(3,4)5)52-51(55)45-43-41-39-37-35-33-30-21-19-17-15-13-11-9-7-2/h17,19,34,36,42,44,49-50,54H,6-16,18,20-33,35,37-41,43,45-48H2,1-5H3,(H-,52,55,56,57)/p+1/b19-17-,36-34+,44-42+. The second kappa shape index (κ2) is 43.0. The number of aliphatic hydroxyl groups excluding tert-OH is 1. The van der Waals surface area contributed by atoms with Crippen LogP contribution in [0.4, 0.5) is 0 Å². The maximum absolute atomic E-state index is 12.9. The molecule has 0 saturated heterocycles. The summed E-state index contributed by atoms with van der Waals surface area (Å²) in [4.78, 5) is 23.2. The third kappa shape index (κ3) is 44.8. The Morgan fingerprint density at radius 3 is 1.35 bits per heavy atom. The molecule has 1 amide bonds. The zero-order chi connectivity index (χ0) is 44.3. The van der Waals surface area contributed by atoms with Gasteiger partial charge in [-0.15, -0.1) is 0 Å². The molecule has 0 aromatic carbocycles. The quantitative estimate of drug-likeness (QED) is 0.0244. The van der Waals surface area contributed by atoms with Crippen molar-refractivity contribution in [3.8, 4) is 0 Å². The Bertz CT molecular complexity index is 1070. The first-order chi connectivity index (χ1) is 29.0. The summed E-state index contributed by atoms with van der Waals surface area (Å²) >= 11 is 0. The van der Waals surface area contributed by atoms with Crippen LogP contribution in [0.2, 0.25) is 0 Å². The minimum atomic E-state index is -4.35. The van der Waals surface area contributed by atoms with Gasteiger partial charge < -0.3 is 19.8 Å². The number of amides is 1. The molecule has 0 aromatic heterocycles. The van der Waals surface area contributed by atoms with Crippen LogP contribution in [0.25, 0.3) is 0 Å². The number of allylic oxidation sites excluding steroid dienone is 5. The number of aliphatic hydroxyl groups is 1. The second-order valence-electron chi connectivity index (χ2n) is 18.5. The number of phosphoric acid groups is 1. The fourth-order valence-corrected chi connectivity index (χ4v) is 8.02. The summed E-state index contributed by atoms with van der Waals surface area (Å²) in [6.45, 7) is 4.79. The summed E-state index contributed by atoms with van der Waals surface area (Å²) in [6, 6.07) is -0.864. The van der Waals surface area contributed by atoms with Crippen LogP contribution in [0.15, 0.2) is 36.5 Å². The van der Waals surface area contributed by atoms with E-state index in [0.29, 0.717) is 17.4 Å². The van der Waals surface area contributed by atoms with Crippen molar-refractivity contribution in [2.75, 3.05) is 40.9 Å². The monoisotopic (exact) mass is 868 g/mol. The number of phosphoric ester groups is 1. The number of rotatable bonds is 46. The van der Waals surface area contributed by atoms with Gasteiger partial charge in [0.25, 0.3) is 0 Å². The van der Waals surface area contributed by atoms with E-state index in [2.05, 4.69) is 43.5 Å². The van der Waals surface area contributed by atoms with Crippen molar-refractivity contribution in [2.24, 2.45) is 0 Å². The molecule has 3 unspecified atom stereocenters. The molecule has 0 fully saturated rings. The largest absolute Gasteiger partial charge is 0.472 e. The smallest absolute Gasteiger partial charge is 0.387 e. The summed E-state index contributed by atoms with van der Waals surface area (Å²) < 4.78 is 23.6. The molecule has 0 aliphatic rings. The summed E-state index contributed by atoms with van der Waals surface area (Å²) in [7, 11) is 1.55. The van der Waals surface area contributed by atoms with Crippen LogP contribution < -0.4 is 5.32 Å². The maximum Gasteiger partial charge on any atom is 0.472 e. The van der Waals surface area contributed by atoms with Crippen molar-refractivity contribution in [3.05, 3.63) is 36.5 Å². The molecule has 0 aliphatic heterocycles. The second-order valence-corrected chi connectivity index (χ2v) is 20.0. The molecule has 60 heavy (non-hydrogen) atoms. The number of likely N-dealkylation sites (N-methyl/N-ethyl adjacent to an activating group) is 1. The zero-order valence-electron chi connectivity index (χ0n) is 40.2. The molecule has 9 heteroatoms. The first-order valence-corrected chi connectivity index (χ1v) is 26.9. The fraction of sp³-hybridized carbons (Fsp3) is 0.863. The van der Waals surface area contributed by atoms with E-state index >= 15 is 0 Å². The molecule has 0 bridgehead atoms. The van der Waals surface area contributed by atoms with Crippen molar-refractivity contribution < 1.29 is 32.9 Å². The SMILES string of the molecule is CCCCCC/C=C\CCCCCCCCCC(=O)NC(COP(=O)(O)OCC[N+](C)(C)C)C(O)/C=C/CC/C=C/CCCCCCCCCCCCCCCCCCC. The van der Waals surface area contributed by atoms with Gasteiger partial charge >= 0.3 is 7.82 Å². The number of carbonyl (C=O) groups is 1. The van der Waals surface area contributed by atoms with E-state index in [-0.39, 0.29) is 19.1 Å². The Morgan fingerprint density at radius 1 is 0.550 bits per heavy atom. The van der Waals surface area contributed by atoms with Crippen LogP contribution in [-0.2, 0) is 18.4 Å². The normalized spacial score (nSPS) is 14.4. The lowest BCUT2D eigenvalue weighted by atomic mass is 10.0. The summed E-state index contributed by atoms with van der Waals surface area (Å²) in [5.41, 5.74) is 0. The predicted octanol–water partition coefficient (Wildman–Crippen LogP) is 14.6. The summed E-state index contributed by atoms with van der Waals surface area (Å²) in [6.07, 6.45) is 53.7. The lowest BCUT2D eigenvalue weighted by Crippen LogP contribution is -2.45. The van der Waals surface area contributed by atoms with E-state index in [1.54, 1.807) is 6.08 Å². The Kier molecular flexibility index (Phi) is 42.1. The number of carbonyl (C=O) groups excluding carboxylic acids is 1. The van der Waals surface area contributed by atoms with Gasteiger partial charge in [-0.3, -0.25) is 13.8 Å². The van der Waals surface area contributed by atoms with E-state index in [4.69, 9.17) is 9.05 Å². The van der Waals surface area contributed by atoms with Crippen LogP contribution in [0.3, 0.4) is 0 Å². The topological polar surface area (TPSA) is 105 Å². The third-order valence-corrected chi connectivity index (χ3v) is 12.3. The van der Waals surface area contributed by atoms with E-state index < -0.39 is 20.0 Å². The fourth-order valence-electron chi connectivity index (χ4n) is 7.29.